The smallest absolute Gasteiger partial charge is 0.243 e. The van der Waals surface area contributed by atoms with Gasteiger partial charge in [0.15, 0.2) is 0 Å². The zero-order valence-corrected chi connectivity index (χ0v) is 12.9. The second-order valence-electron chi connectivity index (χ2n) is 4.59. The van der Waals surface area contributed by atoms with E-state index in [1.165, 1.54) is 15.6 Å². The van der Waals surface area contributed by atoms with E-state index in [2.05, 4.69) is 0 Å². The van der Waals surface area contributed by atoms with Crippen LogP contribution in [0.1, 0.15) is 30.0 Å². The van der Waals surface area contributed by atoms with E-state index < -0.39 is 10.0 Å². The highest BCUT2D eigenvalue weighted by molar-refractivity contribution is 7.89. The van der Waals surface area contributed by atoms with Crippen molar-refractivity contribution in [2.75, 3.05) is 13.6 Å². The minimum Gasteiger partial charge on any atom is -0.391 e. The van der Waals surface area contributed by atoms with Gasteiger partial charge in [0.25, 0.3) is 0 Å². The third-order valence-electron chi connectivity index (χ3n) is 3.03. The van der Waals surface area contributed by atoms with Crippen molar-refractivity contribution in [1.82, 2.24) is 4.31 Å². The average Bonchev–Trinajstić information content (AvgIpc) is 2.70. The van der Waals surface area contributed by atoms with Crippen LogP contribution in [0, 0.1) is 12.8 Å². The number of aliphatic hydroxyl groups is 1. The zero-order valence-electron chi connectivity index (χ0n) is 11.3. The molecule has 0 saturated carbocycles. The molecule has 0 aromatic carbocycles. The maximum atomic E-state index is 12.4. The Bertz CT molecular complexity index is 493. The molecule has 1 heterocycles. The average molecular weight is 291 g/mol. The minimum atomic E-state index is -3.43. The highest BCUT2D eigenvalue weighted by atomic mass is 32.2. The van der Waals surface area contributed by atoms with Crippen LogP contribution in [0.5, 0.6) is 0 Å². The Hall–Kier alpha value is -0.430. The molecule has 4 nitrogen and oxygen atoms in total. The lowest BCUT2D eigenvalue weighted by Gasteiger charge is -2.20. The Balaban J connectivity index is 3.01. The fourth-order valence-electron chi connectivity index (χ4n) is 1.69. The quantitative estimate of drug-likeness (QED) is 0.874. The standard InChI is InChI=1S/C12H21NO3S2/c1-5-9(2)7-13(4)18(15,16)12-6-11(8-14)17-10(12)3/h6,9,14H,5,7-8H2,1-4H3. The second-order valence-corrected chi connectivity index (χ2v) is 7.94. The van der Waals surface area contributed by atoms with Crippen molar-refractivity contribution in [3.8, 4) is 0 Å². The summed E-state index contributed by atoms with van der Waals surface area (Å²) < 4.78 is 26.2. The van der Waals surface area contributed by atoms with Crippen LogP contribution in [-0.2, 0) is 16.6 Å². The minimum absolute atomic E-state index is 0.115. The zero-order chi connectivity index (χ0) is 13.9. The van der Waals surface area contributed by atoms with Gasteiger partial charge in [0.05, 0.1) is 11.5 Å². The van der Waals surface area contributed by atoms with Crippen LogP contribution >= 0.6 is 11.3 Å². The van der Waals surface area contributed by atoms with Gasteiger partial charge in [-0.3, -0.25) is 0 Å². The number of nitrogens with zero attached hydrogens (tertiary/aromatic N) is 1. The van der Waals surface area contributed by atoms with E-state index in [0.29, 0.717) is 22.2 Å². The summed E-state index contributed by atoms with van der Waals surface area (Å²) in [5.41, 5.74) is 0. The maximum Gasteiger partial charge on any atom is 0.243 e. The second kappa shape index (κ2) is 6.14. The molecule has 1 unspecified atom stereocenters. The van der Waals surface area contributed by atoms with Crippen LogP contribution in [0.4, 0.5) is 0 Å². The first-order valence-electron chi connectivity index (χ1n) is 5.99. The van der Waals surface area contributed by atoms with E-state index in [9.17, 15) is 8.42 Å². The molecular formula is C12H21NO3S2. The van der Waals surface area contributed by atoms with E-state index in [1.54, 1.807) is 20.0 Å². The van der Waals surface area contributed by atoms with Gasteiger partial charge < -0.3 is 5.11 Å². The SMILES string of the molecule is CCC(C)CN(C)S(=O)(=O)c1cc(CO)sc1C. The molecule has 1 rings (SSSR count). The van der Waals surface area contributed by atoms with Crippen molar-refractivity contribution in [2.24, 2.45) is 5.92 Å². The molecule has 1 aromatic rings. The lowest BCUT2D eigenvalue weighted by Crippen LogP contribution is -2.31. The van der Waals surface area contributed by atoms with Crippen LogP contribution in [0.25, 0.3) is 0 Å². The highest BCUT2D eigenvalue weighted by Crippen LogP contribution is 2.28. The van der Waals surface area contributed by atoms with Gasteiger partial charge in [-0.25, -0.2) is 12.7 Å². The molecule has 0 bridgehead atoms. The molecule has 1 atom stereocenters. The van der Waals surface area contributed by atoms with Crippen molar-refractivity contribution in [2.45, 2.75) is 38.7 Å². The maximum absolute atomic E-state index is 12.4. The van der Waals surface area contributed by atoms with Gasteiger partial charge >= 0.3 is 0 Å². The number of sulfonamides is 1. The first-order valence-corrected chi connectivity index (χ1v) is 8.25. The molecular weight excluding hydrogens is 270 g/mol. The number of hydrogen-bond acceptors (Lipinski definition) is 4. The molecule has 0 aliphatic rings. The topological polar surface area (TPSA) is 57.6 Å². The van der Waals surface area contributed by atoms with Crippen molar-refractivity contribution < 1.29 is 13.5 Å². The fourth-order valence-corrected chi connectivity index (χ4v) is 4.44. The first-order chi connectivity index (χ1) is 8.32. The summed E-state index contributed by atoms with van der Waals surface area (Å²) in [7, 11) is -1.82. The number of aryl methyl sites for hydroxylation is 1. The molecule has 0 fully saturated rings. The Morgan fingerprint density at radius 3 is 2.56 bits per heavy atom. The molecule has 0 saturated heterocycles. The van der Waals surface area contributed by atoms with Crippen molar-refractivity contribution in [3.63, 3.8) is 0 Å². The van der Waals surface area contributed by atoms with Crippen LogP contribution in [0.2, 0.25) is 0 Å². The molecule has 0 aliphatic heterocycles. The van der Waals surface area contributed by atoms with Gasteiger partial charge in [0.1, 0.15) is 0 Å². The third kappa shape index (κ3) is 3.32. The summed E-state index contributed by atoms with van der Waals surface area (Å²) in [5.74, 6) is 0.334. The molecule has 6 heteroatoms. The normalized spacial score (nSPS) is 14.1. The van der Waals surface area contributed by atoms with Crippen LogP contribution in [0.15, 0.2) is 11.0 Å². The van der Waals surface area contributed by atoms with E-state index in [4.69, 9.17) is 5.11 Å². The Morgan fingerprint density at radius 2 is 2.11 bits per heavy atom. The predicted molar refractivity (Wildman–Crippen MR) is 74.2 cm³/mol. The number of thiophene rings is 1. The Morgan fingerprint density at radius 1 is 1.50 bits per heavy atom. The highest BCUT2D eigenvalue weighted by Gasteiger charge is 2.25. The van der Waals surface area contributed by atoms with Crippen LogP contribution < -0.4 is 0 Å². The molecule has 18 heavy (non-hydrogen) atoms. The van der Waals surface area contributed by atoms with E-state index in [0.717, 1.165) is 11.3 Å². The monoisotopic (exact) mass is 291 g/mol. The molecule has 0 spiro atoms. The van der Waals surface area contributed by atoms with E-state index >= 15 is 0 Å². The van der Waals surface area contributed by atoms with Gasteiger partial charge in [0, 0.05) is 23.3 Å². The summed E-state index contributed by atoms with van der Waals surface area (Å²) in [5, 5.41) is 9.07. The van der Waals surface area contributed by atoms with Crippen LogP contribution in [-0.4, -0.2) is 31.4 Å². The predicted octanol–water partition coefficient (Wildman–Crippen LogP) is 2.22. The van der Waals surface area contributed by atoms with Gasteiger partial charge in [0.2, 0.25) is 10.0 Å². The first kappa shape index (κ1) is 15.6. The van der Waals surface area contributed by atoms with Crippen molar-refractivity contribution in [3.05, 3.63) is 15.8 Å². The van der Waals surface area contributed by atoms with Crippen molar-refractivity contribution >= 4 is 21.4 Å². The Labute approximate surface area is 113 Å². The molecule has 1 aromatic heterocycles. The lowest BCUT2D eigenvalue weighted by molar-refractivity contribution is 0.285. The molecule has 104 valence electrons. The van der Waals surface area contributed by atoms with E-state index in [1.807, 2.05) is 13.8 Å². The third-order valence-corrected chi connectivity index (χ3v) is 6.15. The summed E-state index contributed by atoms with van der Waals surface area (Å²) in [6.45, 7) is 6.25. The van der Waals surface area contributed by atoms with Gasteiger partial charge in [-0.05, 0) is 18.9 Å². The number of aliphatic hydroxyl groups excluding tert-OH is 1. The van der Waals surface area contributed by atoms with Gasteiger partial charge in [-0.1, -0.05) is 20.3 Å². The molecule has 0 amide bonds. The summed E-state index contributed by atoms with van der Waals surface area (Å²) in [6.07, 6.45) is 0.949. The molecule has 0 aliphatic carbocycles. The largest absolute Gasteiger partial charge is 0.391 e. The number of hydrogen-bond donors (Lipinski definition) is 1. The lowest BCUT2D eigenvalue weighted by atomic mass is 10.1. The van der Waals surface area contributed by atoms with E-state index in [-0.39, 0.29) is 6.61 Å². The van der Waals surface area contributed by atoms with Crippen LogP contribution in [0.3, 0.4) is 0 Å². The summed E-state index contributed by atoms with van der Waals surface area (Å²) >= 11 is 1.33. The Kier molecular flexibility index (Phi) is 5.33. The van der Waals surface area contributed by atoms with Crippen molar-refractivity contribution in [1.29, 1.82) is 0 Å². The fraction of sp³-hybridized carbons (Fsp3) is 0.667. The van der Waals surface area contributed by atoms with Gasteiger partial charge in [-0.2, -0.15) is 0 Å². The summed E-state index contributed by atoms with van der Waals surface area (Å²) in [4.78, 5) is 1.74. The number of rotatable bonds is 6. The van der Waals surface area contributed by atoms with Gasteiger partial charge in [-0.15, -0.1) is 11.3 Å². The molecule has 1 N–H and O–H groups in total. The summed E-state index contributed by atoms with van der Waals surface area (Å²) in [6, 6.07) is 1.57. The molecule has 0 radical (unpaired) electrons.